The molecule has 0 saturated carbocycles. The molecule has 37 heavy (non-hydrogen) atoms. The van der Waals surface area contributed by atoms with Crippen LogP contribution in [0.5, 0.6) is 5.75 Å². The van der Waals surface area contributed by atoms with Crippen LogP contribution >= 0.6 is 22.9 Å². The Morgan fingerprint density at radius 2 is 1.95 bits per heavy atom. The van der Waals surface area contributed by atoms with Crippen molar-refractivity contribution in [3.05, 3.63) is 79.0 Å². The lowest BCUT2D eigenvalue weighted by atomic mass is 9.89. The monoisotopic (exact) mass is 538 g/mol. The van der Waals surface area contributed by atoms with Crippen molar-refractivity contribution in [3.63, 3.8) is 0 Å². The molecule has 0 bridgehead atoms. The van der Waals surface area contributed by atoms with E-state index in [1.165, 1.54) is 32.7 Å². The summed E-state index contributed by atoms with van der Waals surface area (Å²) >= 11 is 8.07. The molecule has 7 nitrogen and oxygen atoms in total. The van der Waals surface area contributed by atoms with E-state index in [1.807, 2.05) is 31.2 Å². The van der Waals surface area contributed by atoms with E-state index in [9.17, 15) is 9.59 Å². The van der Waals surface area contributed by atoms with E-state index < -0.39 is 0 Å². The van der Waals surface area contributed by atoms with E-state index in [0.717, 1.165) is 56.9 Å². The van der Waals surface area contributed by atoms with Crippen molar-refractivity contribution in [2.45, 2.75) is 51.8 Å². The van der Waals surface area contributed by atoms with Crippen LogP contribution in [0.2, 0.25) is 5.02 Å². The minimum atomic E-state index is -0.347. The van der Waals surface area contributed by atoms with Gasteiger partial charge >= 0.3 is 5.69 Å². The lowest BCUT2D eigenvalue weighted by Crippen LogP contribution is -2.50. The molecule has 0 N–H and O–H groups in total. The fourth-order valence-electron chi connectivity index (χ4n) is 5.00. The molecule has 0 amide bonds. The fraction of sp³-hybridized carbons (Fsp3) is 0.393. The summed E-state index contributed by atoms with van der Waals surface area (Å²) in [6, 6.07) is 9.22. The molecule has 0 radical (unpaired) electrons. The van der Waals surface area contributed by atoms with Crippen LogP contribution in [0.3, 0.4) is 0 Å². The second-order valence-electron chi connectivity index (χ2n) is 10.5. The number of thiophene rings is 1. The Balaban J connectivity index is 1.56. The third-order valence-electron chi connectivity index (χ3n) is 7.38. The molecule has 194 valence electrons. The third kappa shape index (κ3) is 4.98. The van der Waals surface area contributed by atoms with Crippen LogP contribution in [0.4, 0.5) is 0 Å². The number of pyridine rings is 1. The van der Waals surface area contributed by atoms with Crippen LogP contribution < -0.4 is 16.0 Å². The SMILES string of the molecule is Cc1cc(Cl)cc(-c2ccnc3cc(Cn4c(=O)ccn(C)c4=O)sc23)c1O[C@H]1CCN(C)C(C)(C)C1. The van der Waals surface area contributed by atoms with Gasteiger partial charge < -0.3 is 14.2 Å². The van der Waals surface area contributed by atoms with Crippen LogP contribution in [-0.4, -0.2) is 44.3 Å². The van der Waals surface area contributed by atoms with Crippen molar-refractivity contribution in [1.82, 2.24) is 19.0 Å². The number of hydrogen-bond donors (Lipinski definition) is 0. The Bertz CT molecular complexity index is 1600. The van der Waals surface area contributed by atoms with Crippen LogP contribution in [-0.2, 0) is 13.6 Å². The molecule has 0 aliphatic carbocycles. The van der Waals surface area contributed by atoms with Crippen molar-refractivity contribution in [2.75, 3.05) is 13.6 Å². The molecule has 0 spiro atoms. The number of hydrogen-bond acceptors (Lipinski definition) is 6. The van der Waals surface area contributed by atoms with Gasteiger partial charge in [0.25, 0.3) is 5.56 Å². The number of benzene rings is 1. The summed E-state index contributed by atoms with van der Waals surface area (Å²) in [6.07, 6.45) is 5.25. The largest absolute Gasteiger partial charge is 0.489 e. The predicted molar refractivity (Wildman–Crippen MR) is 150 cm³/mol. The van der Waals surface area contributed by atoms with E-state index >= 15 is 0 Å². The van der Waals surface area contributed by atoms with Gasteiger partial charge in [-0.2, -0.15) is 0 Å². The van der Waals surface area contributed by atoms with Crippen molar-refractivity contribution < 1.29 is 4.74 Å². The quantitative estimate of drug-likeness (QED) is 0.354. The lowest BCUT2D eigenvalue weighted by molar-refractivity contribution is 0.0259. The summed E-state index contributed by atoms with van der Waals surface area (Å²) in [6.45, 7) is 7.70. The lowest BCUT2D eigenvalue weighted by Gasteiger charge is -2.43. The normalized spacial score (nSPS) is 17.8. The number of piperidine rings is 1. The van der Waals surface area contributed by atoms with Crippen molar-refractivity contribution in [3.8, 4) is 16.9 Å². The molecular weight excluding hydrogens is 508 g/mol. The Morgan fingerprint density at radius 3 is 2.70 bits per heavy atom. The second-order valence-corrected chi connectivity index (χ2v) is 12.1. The number of likely N-dealkylation sites (tertiary alicyclic amines) is 1. The Morgan fingerprint density at radius 1 is 1.16 bits per heavy atom. The fourth-order valence-corrected chi connectivity index (χ4v) is 6.41. The smallest absolute Gasteiger partial charge is 0.331 e. The highest BCUT2D eigenvalue weighted by Gasteiger charge is 2.34. The number of ether oxygens (including phenoxy) is 1. The van der Waals surface area contributed by atoms with Gasteiger partial charge in [-0.05, 0) is 64.1 Å². The molecule has 1 aliphatic heterocycles. The van der Waals surface area contributed by atoms with Gasteiger partial charge in [0.2, 0.25) is 0 Å². The molecule has 1 aromatic carbocycles. The molecule has 1 atom stereocenters. The van der Waals surface area contributed by atoms with E-state index in [1.54, 1.807) is 13.2 Å². The Hall–Kier alpha value is -2.94. The highest BCUT2D eigenvalue weighted by Crippen LogP contribution is 2.42. The molecule has 5 rings (SSSR count). The topological polar surface area (TPSA) is 69.4 Å². The predicted octanol–water partition coefficient (Wildman–Crippen LogP) is 5.09. The molecular formula is C28H31ClN4O3S. The molecule has 9 heteroatoms. The van der Waals surface area contributed by atoms with Crippen LogP contribution in [0.15, 0.2) is 52.3 Å². The zero-order valence-corrected chi connectivity index (χ0v) is 23.3. The molecule has 1 aliphatic rings. The first-order chi connectivity index (χ1) is 17.5. The highest BCUT2D eigenvalue weighted by molar-refractivity contribution is 7.19. The standard InChI is InChI=1S/C28H31ClN4O3S/c1-17-12-18(29)13-22(25(17)36-19-7-11-32(5)28(2,3)15-19)21-6-9-30-23-14-20(37-26(21)23)16-33-24(34)8-10-31(4)27(33)35/h6,8-10,12-14,19H,7,11,15-16H2,1-5H3/t19-/m0/s1. The van der Waals surface area contributed by atoms with Crippen molar-refractivity contribution >= 4 is 33.2 Å². The van der Waals surface area contributed by atoms with Gasteiger partial charge in [-0.1, -0.05) is 11.6 Å². The minimum absolute atomic E-state index is 0.0581. The maximum atomic E-state index is 12.6. The van der Waals surface area contributed by atoms with Crippen LogP contribution in [0, 0.1) is 6.92 Å². The Labute approximate surface area is 224 Å². The molecule has 1 fully saturated rings. The summed E-state index contributed by atoms with van der Waals surface area (Å²) < 4.78 is 10.3. The van der Waals surface area contributed by atoms with Gasteiger partial charge in [-0.25, -0.2) is 4.79 Å². The van der Waals surface area contributed by atoms with Gasteiger partial charge in [0.1, 0.15) is 11.9 Å². The van der Waals surface area contributed by atoms with Gasteiger partial charge in [-0.3, -0.25) is 14.3 Å². The number of rotatable bonds is 5. The highest BCUT2D eigenvalue weighted by atomic mass is 35.5. The second kappa shape index (κ2) is 9.74. The number of halogens is 1. The average Bonchev–Trinajstić information content (AvgIpc) is 3.26. The summed E-state index contributed by atoms with van der Waals surface area (Å²) in [7, 11) is 3.80. The van der Waals surface area contributed by atoms with Crippen molar-refractivity contribution in [2.24, 2.45) is 7.05 Å². The summed E-state index contributed by atoms with van der Waals surface area (Å²) in [4.78, 5) is 32.8. The van der Waals surface area contributed by atoms with E-state index in [0.29, 0.717) is 5.02 Å². The maximum Gasteiger partial charge on any atom is 0.331 e. The third-order valence-corrected chi connectivity index (χ3v) is 8.74. The summed E-state index contributed by atoms with van der Waals surface area (Å²) in [5, 5.41) is 0.643. The van der Waals surface area contributed by atoms with Gasteiger partial charge in [-0.15, -0.1) is 11.3 Å². The first-order valence-electron chi connectivity index (χ1n) is 12.4. The van der Waals surface area contributed by atoms with Gasteiger partial charge in [0.15, 0.2) is 0 Å². The number of aryl methyl sites for hydroxylation is 2. The molecule has 4 heterocycles. The van der Waals surface area contributed by atoms with E-state index in [4.69, 9.17) is 16.3 Å². The minimum Gasteiger partial charge on any atom is -0.489 e. The van der Waals surface area contributed by atoms with E-state index in [-0.39, 0.29) is 29.4 Å². The number of nitrogens with zero attached hydrogens (tertiary/aromatic N) is 4. The Kier molecular flexibility index (Phi) is 6.77. The first-order valence-corrected chi connectivity index (χ1v) is 13.6. The van der Waals surface area contributed by atoms with Crippen LogP contribution in [0.25, 0.3) is 21.3 Å². The molecule has 1 saturated heterocycles. The number of fused-ring (bicyclic) bond motifs is 1. The van der Waals surface area contributed by atoms with Crippen LogP contribution in [0.1, 0.15) is 37.1 Å². The number of aromatic nitrogens is 3. The first kappa shape index (κ1) is 25.7. The molecule has 3 aromatic heterocycles. The molecule has 4 aromatic rings. The van der Waals surface area contributed by atoms with E-state index in [2.05, 4.69) is 30.8 Å². The zero-order chi connectivity index (χ0) is 26.5. The summed E-state index contributed by atoms with van der Waals surface area (Å²) in [5.41, 5.74) is 3.08. The summed E-state index contributed by atoms with van der Waals surface area (Å²) in [5.74, 6) is 0.838. The maximum absolute atomic E-state index is 12.6. The zero-order valence-electron chi connectivity index (χ0n) is 21.7. The van der Waals surface area contributed by atoms with Crippen molar-refractivity contribution in [1.29, 1.82) is 0 Å². The molecule has 0 unspecified atom stereocenters. The van der Waals surface area contributed by atoms with Gasteiger partial charge in [0.05, 0.1) is 16.8 Å². The average molecular weight is 539 g/mol. The van der Waals surface area contributed by atoms with Gasteiger partial charge in [0, 0.05) is 65.0 Å².